The molecule has 0 saturated heterocycles. The Hall–Kier alpha value is -1.34. The molecule has 0 amide bonds. The van der Waals surface area contributed by atoms with E-state index in [0.29, 0.717) is 5.56 Å². The Bertz CT molecular complexity index is 570. The van der Waals surface area contributed by atoms with Gasteiger partial charge in [-0.05, 0) is 34.6 Å². The molecule has 1 aromatic heterocycles. The molecule has 1 N–H and O–H groups in total. The molecule has 1 aromatic carbocycles. The first-order valence-corrected chi connectivity index (χ1v) is 6.00. The summed E-state index contributed by atoms with van der Waals surface area (Å²) in [5, 5.41) is 10.6. The van der Waals surface area contributed by atoms with E-state index in [1.807, 2.05) is 0 Å². The van der Waals surface area contributed by atoms with Crippen LogP contribution in [0.15, 0.2) is 22.8 Å². The molecule has 0 aliphatic heterocycles. The highest BCUT2D eigenvalue weighted by molar-refractivity contribution is 9.10. The summed E-state index contributed by atoms with van der Waals surface area (Å²) in [6.07, 6.45) is 1.58. The van der Waals surface area contributed by atoms with Gasteiger partial charge in [-0.3, -0.25) is 4.68 Å². The van der Waals surface area contributed by atoms with Crippen molar-refractivity contribution in [1.82, 2.24) is 20.3 Å². The molecular weight excluding hydrogens is 306 g/mol. The molecule has 7 heteroatoms. The van der Waals surface area contributed by atoms with Crippen LogP contribution in [0.2, 0.25) is 0 Å². The second-order valence-corrected chi connectivity index (χ2v) is 4.56. The van der Waals surface area contributed by atoms with Crippen LogP contribution in [0.4, 0.5) is 8.78 Å². The second-order valence-electron chi connectivity index (χ2n) is 3.77. The van der Waals surface area contributed by atoms with E-state index >= 15 is 0 Å². The van der Waals surface area contributed by atoms with Gasteiger partial charge in [0.05, 0.1) is 22.4 Å². The summed E-state index contributed by atoms with van der Waals surface area (Å²) in [5.41, 5.74) is 1.34. The van der Waals surface area contributed by atoms with E-state index in [2.05, 4.69) is 31.6 Å². The van der Waals surface area contributed by atoms with Gasteiger partial charge in [0.2, 0.25) is 0 Å². The maximum absolute atomic E-state index is 13.5. The number of nitrogens with one attached hydrogen (secondary N) is 1. The van der Waals surface area contributed by atoms with Gasteiger partial charge in [-0.15, -0.1) is 5.10 Å². The monoisotopic (exact) mass is 316 g/mol. The van der Waals surface area contributed by atoms with Gasteiger partial charge in [0, 0.05) is 7.05 Å². The fourth-order valence-electron chi connectivity index (χ4n) is 1.79. The Kier molecular flexibility index (Phi) is 3.72. The molecule has 0 saturated carbocycles. The summed E-state index contributed by atoms with van der Waals surface area (Å²) in [6, 6.07) is 2.30. The Morgan fingerprint density at radius 3 is 2.67 bits per heavy atom. The van der Waals surface area contributed by atoms with Crippen molar-refractivity contribution in [3.05, 3.63) is 45.7 Å². The van der Waals surface area contributed by atoms with Gasteiger partial charge in [0.15, 0.2) is 11.6 Å². The van der Waals surface area contributed by atoms with Crippen LogP contribution < -0.4 is 5.32 Å². The quantitative estimate of drug-likeness (QED) is 0.882. The lowest BCUT2D eigenvalue weighted by Gasteiger charge is -2.18. The molecule has 0 aliphatic rings. The van der Waals surface area contributed by atoms with Gasteiger partial charge in [0.25, 0.3) is 0 Å². The predicted octanol–water partition coefficient (Wildman–Crippen LogP) is 2.16. The topological polar surface area (TPSA) is 42.7 Å². The van der Waals surface area contributed by atoms with Gasteiger partial charge in [0.1, 0.15) is 0 Å². The van der Waals surface area contributed by atoms with Crippen molar-refractivity contribution in [2.75, 3.05) is 7.05 Å². The van der Waals surface area contributed by atoms with E-state index in [0.717, 1.165) is 11.8 Å². The number of benzene rings is 1. The third-order valence-electron chi connectivity index (χ3n) is 2.71. The molecule has 2 rings (SSSR count). The van der Waals surface area contributed by atoms with Crippen molar-refractivity contribution >= 4 is 15.9 Å². The minimum Gasteiger partial charge on any atom is -0.308 e. The Morgan fingerprint density at radius 1 is 1.39 bits per heavy atom. The summed E-state index contributed by atoms with van der Waals surface area (Å²) in [5.74, 6) is -1.79. The van der Waals surface area contributed by atoms with Crippen molar-refractivity contribution in [2.45, 2.75) is 6.04 Å². The molecule has 1 atom stereocenters. The molecule has 2 aromatic rings. The number of aromatic nitrogens is 3. The molecule has 0 aliphatic carbocycles. The van der Waals surface area contributed by atoms with Crippen molar-refractivity contribution in [3.63, 3.8) is 0 Å². The van der Waals surface area contributed by atoms with Crippen LogP contribution in [0.25, 0.3) is 0 Å². The third-order valence-corrected chi connectivity index (χ3v) is 3.52. The molecule has 0 bridgehead atoms. The van der Waals surface area contributed by atoms with Crippen LogP contribution in [0.1, 0.15) is 17.3 Å². The molecule has 0 radical (unpaired) electrons. The zero-order valence-electron chi connectivity index (χ0n) is 9.78. The standard InChI is InChI=1S/C11H11BrF2N4/c1-15-11(8-5-16-17-18(8)2)6-3-4-7(13)10(14)9(6)12/h3-5,11,15H,1-2H3. The van der Waals surface area contributed by atoms with Gasteiger partial charge in [-0.25, -0.2) is 8.78 Å². The highest BCUT2D eigenvalue weighted by Crippen LogP contribution is 2.30. The fraction of sp³-hybridized carbons (Fsp3) is 0.273. The van der Waals surface area contributed by atoms with Crippen LogP contribution in [-0.2, 0) is 7.05 Å². The maximum atomic E-state index is 13.5. The van der Waals surface area contributed by atoms with Crippen LogP contribution >= 0.6 is 15.9 Å². The highest BCUT2D eigenvalue weighted by atomic mass is 79.9. The van der Waals surface area contributed by atoms with Crippen LogP contribution in [0.3, 0.4) is 0 Å². The Labute approximate surface area is 111 Å². The average molecular weight is 317 g/mol. The summed E-state index contributed by atoms with van der Waals surface area (Å²) in [7, 11) is 3.46. The molecule has 4 nitrogen and oxygen atoms in total. The van der Waals surface area contributed by atoms with E-state index in [4.69, 9.17) is 0 Å². The lowest BCUT2D eigenvalue weighted by molar-refractivity contribution is 0.498. The summed E-state index contributed by atoms with van der Waals surface area (Å²) in [4.78, 5) is 0. The minimum absolute atomic E-state index is 0.100. The van der Waals surface area contributed by atoms with E-state index in [9.17, 15) is 8.78 Å². The molecule has 96 valence electrons. The minimum atomic E-state index is -0.900. The van der Waals surface area contributed by atoms with Crippen LogP contribution in [0.5, 0.6) is 0 Å². The second kappa shape index (κ2) is 5.11. The van der Waals surface area contributed by atoms with Crippen molar-refractivity contribution < 1.29 is 8.78 Å². The van der Waals surface area contributed by atoms with Crippen molar-refractivity contribution in [2.24, 2.45) is 7.05 Å². The molecule has 1 heterocycles. The molecule has 0 fully saturated rings. The lowest BCUT2D eigenvalue weighted by Crippen LogP contribution is -2.21. The van der Waals surface area contributed by atoms with Gasteiger partial charge in [-0.2, -0.15) is 0 Å². The van der Waals surface area contributed by atoms with E-state index in [-0.39, 0.29) is 10.5 Å². The van der Waals surface area contributed by atoms with Gasteiger partial charge in [-0.1, -0.05) is 11.3 Å². The average Bonchev–Trinajstić information content (AvgIpc) is 2.77. The van der Waals surface area contributed by atoms with E-state index in [1.165, 1.54) is 6.07 Å². The Morgan fingerprint density at radius 2 is 2.11 bits per heavy atom. The number of rotatable bonds is 3. The number of hydrogen-bond donors (Lipinski definition) is 1. The number of halogens is 3. The zero-order chi connectivity index (χ0) is 13.3. The van der Waals surface area contributed by atoms with E-state index in [1.54, 1.807) is 25.0 Å². The normalized spacial score (nSPS) is 12.7. The lowest BCUT2D eigenvalue weighted by atomic mass is 10.0. The first-order valence-electron chi connectivity index (χ1n) is 5.21. The first-order chi connectivity index (χ1) is 8.56. The highest BCUT2D eigenvalue weighted by Gasteiger charge is 2.21. The zero-order valence-corrected chi connectivity index (χ0v) is 11.4. The largest absolute Gasteiger partial charge is 0.308 e. The van der Waals surface area contributed by atoms with Crippen molar-refractivity contribution in [1.29, 1.82) is 0 Å². The SMILES string of the molecule is CNC(c1ccc(F)c(F)c1Br)c1cnnn1C. The van der Waals surface area contributed by atoms with Crippen LogP contribution in [0, 0.1) is 11.6 Å². The fourth-order valence-corrected chi connectivity index (χ4v) is 2.34. The smallest absolute Gasteiger partial charge is 0.173 e. The number of hydrogen-bond acceptors (Lipinski definition) is 3. The summed E-state index contributed by atoms with van der Waals surface area (Å²) < 4.78 is 28.3. The first kappa shape index (κ1) is 13.1. The van der Waals surface area contributed by atoms with Gasteiger partial charge >= 0.3 is 0 Å². The molecule has 1 unspecified atom stereocenters. The molecule has 18 heavy (non-hydrogen) atoms. The van der Waals surface area contributed by atoms with Crippen molar-refractivity contribution in [3.8, 4) is 0 Å². The Balaban J connectivity index is 2.53. The summed E-state index contributed by atoms with van der Waals surface area (Å²) >= 11 is 3.08. The maximum Gasteiger partial charge on any atom is 0.173 e. The molecule has 0 spiro atoms. The number of nitrogens with zero attached hydrogens (tertiary/aromatic N) is 3. The van der Waals surface area contributed by atoms with Crippen LogP contribution in [-0.4, -0.2) is 22.0 Å². The van der Waals surface area contributed by atoms with Gasteiger partial charge < -0.3 is 5.32 Å². The number of aryl methyl sites for hydroxylation is 1. The predicted molar refractivity (Wildman–Crippen MR) is 66.0 cm³/mol. The molecular formula is C11H11BrF2N4. The third kappa shape index (κ3) is 2.15. The summed E-state index contributed by atoms with van der Waals surface area (Å²) in [6.45, 7) is 0. The van der Waals surface area contributed by atoms with E-state index < -0.39 is 11.6 Å².